The minimum absolute atomic E-state index is 0.0293. The molecule has 0 aromatic heterocycles. The van der Waals surface area contributed by atoms with E-state index in [1.165, 1.54) is 5.57 Å². The van der Waals surface area contributed by atoms with Crippen molar-refractivity contribution in [2.45, 2.75) is 75.4 Å². The van der Waals surface area contributed by atoms with Gasteiger partial charge in [0.1, 0.15) is 12.7 Å². The van der Waals surface area contributed by atoms with Crippen LogP contribution in [0.1, 0.15) is 39.2 Å². The molecule has 2 fully saturated rings. The van der Waals surface area contributed by atoms with E-state index in [4.69, 9.17) is 18.6 Å². The van der Waals surface area contributed by atoms with Gasteiger partial charge in [-0.15, -0.1) is 0 Å². The van der Waals surface area contributed by atoms with Crippen molar-refractivity contribution in [3.05, 3.63) is 35.4 Å². The van der Waals surface area contributed by atoms with E-state index >= 15 is 0 Å². The molecule has 4 atom stereocenters. The van der Waals surface area contributed by atoms with Crippen LogP contribution < -0.4 is 9.47 Å². The van der Waals surface area contributed by atoms with Gasteiger partial charge in [0.25, 0.3) is 0 Å². The van der Waals surface area contributed by atoms with E-state index < -0.39 is 8.32 Å². The minimum atomic E-state index is -2.00. The first-order valence-corrected chi connectivity index (χ1v) is 14.2. The Morgan fingerprint density at radius 2 is 2.03 bits per heavy atom. The highest BCUT2D eigenvalue weighted by molar-refractivity contribution is 6.74. The largest absolute Gasteiger partial charge is 0.493 e. The summed E-state index contributed by atoms with van der Waals surface area (Å²) in [6.45, 7) is 12.5. The first kappa shape index (κ1) is 20.9. The Bertz CT molecular complexity index is 952. The molecule has 168 valence electrons. The summed E-state index contributed by atoms with van der Waals surface area (Å²) in [7, 11) is -0.319. The molecule has 1 aromatic rings. The van der Waals surface area contributed by atoms with Gasteiger partial charge in [0, 0.05) is 12.1 Å². The van der Waals surface area contributed by atoms with Crippen molar-refractivity contribution in [1.29, 1.82) is 0 Å². The molecule has 2 saturated heterocycles. The van der Waals surface area contributed by atoms with E-state index in [1.807, 2.05) is 17.0 Å². The number of cyclic esters (lactones) is 1. The molecule has 3 aliphatic heterocycles. The molecule has 4 aliphatic rings. The summed E-state index contributed by atoms with van der Waals surface area (Å²) in [5.41, 5.74) is 2.09. The Morgan fingerprint density at radius 3 is 2.74 bits per heavy atom. The molecule has 7 heteroatoms. The molecule has 0 saturated carbocycles. The van der Waals surface area contributed by atoms with Crippen LogP contribution in [0.2, 0.25) is 18.1 Å². The predicted octanol–water partition coefficient (Wildman–Crippen LogP) is 4.64. The smallest absolute Gasteiger partial charge is 0.410 e. The molecule has 1 aromatic carbocycles. The molecule has 0 unspecified atom stereocenters. The van der Waals surface area contributed by atoms with Crippen molar-refractivity contribution in [1.82, 2.24) is 4.90 Å². The second-order valence-corrected chi connectivity index (χ2v) is 15.5. The van der Waals surface area contributed by atoms with Gasteiger partial charge >= 0.3 is 6.09 Å². The number of hydrogen-bond donors (Lipinski definition) is 0. The van der Waals surface area contributed by atoms with E-state index in [2.05, 4.69) is 46.0 Å². The summed E-state index contributed by atoms with van der Waals surface area (Å²) < 4.78 is 24.8. The van der Waals surface area contributed by atoms with Crippen molar-refractivity contribution in [3.63, 3.8) is 0 Å². The molecule has 1 aliphatic carbocycles. The molecule has 0 N–H and O–H groups in total. The normalized spacial score (nSPS) is 31.7. The van der Waals surface area contributed by atoms with Crippen molar-refractivity contribution < 1.29 is 23.4 Å². The van der Waals surface area contributed by atoms with Crippen molar-refractivity contribution >= 4 is 14.4 Å². The van der Waals surface area contributed by atoms with E-state index in [1.54, 1.807) is 7.11 Å². The molecule has 31 heavy (non-hydrogen) atoms. The van der Waals surface area contributed by atoms with Gasteiger partial charge in [-0.05, 0) is 42.6 Å². The second kappa shape index (κ2) is 6.75. The summed E-state index contributed by atoms with van der Waals surface area (Å²) in [5.74, 6) is 1.58. The predicted molar refractivity (Wildman–Crippen MR) is 120 cm³/mol. The van der Waals surface area contributed by atoms with Gasteiger partial charge in [0.15, 0.2) is 19.8 Å². The van der Waals surface area contributed by atoms with Crippen LogP contribution in [0.15, 0.2) is 29.8 Å². The molecule has 1 spiro atoms. The third-order valence-electron chi connectivity index (χ3n) is 8.17. The van der Waals surface area contributed by atoms with Gasteiger partial charge in [-0.25, -0.2) is 4.79 Å². The van der Waals surface area contributed by atoms with E-state index in [0.29, 0.717) is 13.2 Å². The zero-order valence-corrected chi connectivity index (χ0v) is 20.4. The van der Waals surface area contributed by atoms with Crippen LogP contribution in [0.4, 0.5) is 4.79 Å². The maximum Gasteiger partial charge on any atom is 0.410 e. The average molecular weight is 444 g/mol. The van der Waals surface area contributed by atoms with Gasteiger partial charge in [0.2, 0.25) is 0 Å². The Balaban J connectivity index is 1.62. The van der Waals surface area contributed by atoms with Crippen LogP contribution >= 0.6 is 0 Å². The van der Waals surface area contributed by atoms with E-state index in [0.717, 1.165) is 29.9 Å². The summed E-state index contributed by atoms with van der Waals surface area (Å²) in [6, 6.07) is 6.13. The molecular weight excluding hydrogens is 410 g/mol. The van der Waals surface area contributed by atoms with Crippen LogP contribution in [-0.4, -0.2) is 57.8 Å². The average Bonchev–Trinajstić information content (AvgIpc) is 3.25. The first-order chi connectivity index (χ1) is 14.6. The van der Waals surface area contributed by atoms with Gasteiger partial charge in [0.05, 0.1) is 24.7 Å². The zero-order valence-electron chi connectivity index (χ0n) is 19.4. The number of amides is 1. The fraction of sp³-hybridized carbons (Fsp3) is 0.625. The number of methoxy groups -OCH3 is 1. The number of rotatable bonds is 3. The maximum atomic E-state index is 12.3. The van der Waals surface area contributed by atoms with Crippen LogP contribution in [0.3, 0.4) is 0 Å². The first-order valence-electron chi connectivity index (χ1n) is 11.3. The van der Waals surface area contributed by atoms with Gasteiger partial charge in [-0.1, -0.05) is 39.0 Å². The number of carbonyl (C=O) groups excluding carboxylic acids is 1. The second-order valence-electron chi connectivity index (χ2n) is 10.7. The summed E-state index contributed by atoms with van der Waals surface area (Å²) in [5, 5.41) is 0.113. The number of ether oxygens (including phenoxy) is 3. The lowest BCUT2D eigenvalue weighted by atomic mass is 9.60. The number of benzene rings is 1. The Labute approximate surface area is 185 Å². The minimum Gasteiger partial charge on any atom is -0.493 e. The van der Waals surface area contributed by atoms with Crippen LogP contribution in [0, 0.1) is 0 Å². The number of piperidine rings is 1. The van der Waals surface area contributed by atoms with Crippen LogP contribution in [0.25, 0.3) is 0 Å². The molecule has 1 amide bonds. The lowest BCUT2D eigenvalue weighted by Gasteiger charge is -2.51. The zero-order chi connectivity index (χ0) is 22.2. The highest BCUT2D eigenvalue weighted by Gasteiger charge is 2.63. The summed E-state index contributed by atoms with van der Waals surface area (Å²) >= 11 is 0. The number of para-hydroxylation sites is 1. The lowest BCUT2D eigenvalue weighted by Crippen LogP contribution is -2.61. The van der Waals surface area contributed by atoms with Crippen molar-refractivity contribution in [2.24, 2.45) is 0 Å². The SMILES string of the molecule is COc1cccc2c1O[C@@H]1[C@@H](O[Si](C)(C)C(C)(C)C)CC=C3[C@H]4COC(=O)N4CC[C@@]321. The van der Waals surface area contributed by atoms with Crippen molar-refractivity contribution in [2.75, 3.05) is 20.3 Å². The standard InChI is InChI=1S/C24H33NO5Si/c1-23(2,3)31(5,6)30-19-11-10-15-17-14-28-22(26)25(17)13-12-24(15)16-8-7-9-18(27-4)20(16)29-21(19)24/h7-10,17,19,21H,11-14H2,1-6H3/t17-,19+,21-,24-/m1/s1. The van der Waals surface area contributed by atoms with E-state index in [9.17, 15) is 4.79 Å². The van der Waals surface area contributed by atoms with Gasteiger partial charge in [-0.2, -0.15) is 0 Å². The van der Waals surface area contributed by atoms with Gasteiger partial charge in [-0.3, -0.25) is 4.90 Å². The molecule has 3 heterocycles. The topological polar surface area (TPSA) is 57.2 Å². The molecule has 0 bridgehead atoms. The highest BCUT2D eigenvalue weighted by atomic mass is 28.4. The van der Waals surface area contributed by atoms with E-state index in [-0.39, 0.29) is 34.8 Å². The Kier molecular flexibility index (Phi) is 4.55. The molecular formula is C24H33NO5Si. The fourth-order valence-electron chi connectivity index (χ4n) is 5.56. The Hall–Kier alpha value is -1.99. The number of carbonyl (C=O) groups is 1. The highest BCUT2D eigenvalue weighted by Crippen LogP contribution is 2.60. The Morgan fingerprint density at radius 1 is 1.26 bits per heavy atom. The maximum absolute atomic E-state index is 12.3. The fourth-order valence-corrected chi connectivity index (χ4v) is 6.89. The van der Waals surface area contributed by atoms with Gasteiger partial charge < -0.3 is 18.6 Å². The quantitative estimate of drug-likeness (QED) is 0.503. The monoisotopic (exact) mass is 443 g/mol. The lowest BCUT2D eigenvalue weighted by molar-refractivity contribution is 0.000845. The molecule has 5 rings (SSSR count). The number of nitrogens with zero attached hydrogens (tertiary/aromatic N) is 1. The van der Waals surface area contributed by atoms with Crippen LogP contribution in [0.5, 0.6) is 11.5 Å². The van der Waals surface area contributed by atoms with Crippen LogP contribution in [-0.2, 0) is 14.6 Å². The molecule has 6 nitrogen and oxygen atoms in total. The number of hydrogen-bond acceptors (Lipinski definition) is 5. The summed E-state index contributed by atoms with van der Waals surface area (Å²) in [4.78, 5) is 14.2. The van der Waals surface area contributed by atoms with Crippen molar-refractivity contribution in [3.8, 4) is 11.5 Å². The third kappa shape index (κ3) is 2.82. The number of fused-ring (bicyclic) bond motifs is 3. The summed E-state index contributed by atoms with van der Waals surface area (Å²) in [6.07, 6.45) is 3.51. The third-order valence-corrected chi connectivity index (χ3v) is 12.7. The molecule has 0 radical (unpaired) electrons.